The number of nitrogens with zero attached hydrogens (tertiary/aromatic N) is 1. The molecule has 0 saturated carbocycles. The fourth-order valence-corrected chi connectivity index (χ4v) is 3.08. The second kappa shape index (κ2) is 5.71. The van der Waals surface area contributed by atoms with E-state index in [1.807, 2.05) is 4.90 Å². The van der Waals surface area contributed by atoms with E-state index in [1.165, 1.54) is 7.05 Å². The van der Waals surface area contributed by atoms with Crippen molar-refractivity contribution in [2.75, 3.05) is 18.5 Å². The van der Waals surface area contributed by atoms with Gasteiger partial charge in [-0.25, -0.2) is 13.1 Å². The Morgan fingerprint density at radius 2 is 1.95 bits per heavy atom. The lowest BCUT2D eigenvalue weighted by atomic mass is 10.0. The van der Waals surface area contributed by atoms with Gasteiger partial charge in [-0.05, 0) is 50.6 Å². The van der Waals surface area contributed by atoms with Gasteiger partial charge in [0.15, 0.2) is 0 Å². The third-order valence-electron chi connectivity index (χ3n) is 3.45. The van der Waals surface area contributed by atoms with Gasteiger partial charge in [0.1, 0.15) is 6.29 Å². The Kier molecular flexibility index (Phi) is 4.21. The molecule has 1 heterocycles. The van der Waals surface area contributed by atoms with Gasteiger partial charge in [0.05, 0.1) is 10.9 Å². The van der Waals surface area contributed by atoms with Gasteiger partial charge in [0, 0.05) is 12.2 Å². The van der Waals surface area contributed by atoms with Crippen molar-refractivity contribution in [1.82, 2.24) is 4.72 Å². The molecule has 0 bridgehead atoms. The maximum atomic E-state index is 11.6. The van der Waals surface area contributed by atoms with E-state index in [9.17, 15) is 13.2 Å². The molecule has 1 aromatic rings. The number of carbonyl (C=O) groups is 1. The maximum absolute atomic E-state index is 11.6. The van der Waals surface area contributed by atoms with Crippen LogP contribution in [0.5, 0.6) is 0 Å². The topological polar surface area (TPSA) is 66.5 Å². The van der Waals surface area contributed by atoms with E-state index >= 15 is 0 Å². The molecule has 1 N–H and O–H groups in total. The molecule has 5 nitrogen and oxygen atoms in total. The zero-order valence-corrected chi connectivity index (χ0v) is 11.7. The minimum Gasteiger partial charge on any atom is -0.362 e. The number of benzene rings is 1. The average Bonchev–Trinajstić information content (AvgIpc) is 2.47. The van der Waals surface area contributed by atoms with E-state index in [2.05, 4.69) is 4.72 Å². The van der Waals surface area contributed by atoms with Gasteiger partial charge in [-0.15, -0.1) is 0 Å². The SMILES string of the molecule is CNS(=O)(=O)c1ccc(N2CCCCC2C=O)cc1. The molecule has 104 valence electrons. The molecule has 1 fully saturated rings. The van der Waals surface area contributed by atoms with Crippen molar-refractivity contribution in [1.29, 1.82) is 0 Å². The molecule has 0 aliphatic carbocycles. The first kappa shape index (κ1) is 14.0. The van der Waals surface area contributed by atoms with Crippen LogP contribution in [0.2, 0.25) is 0 Å². The Hall–Kier alpha value is -1.40. The maximum Gasteiger partial charge on any atom is 0.240 e. The number of rotatable bonds is 4. The van der Waals surface area contributed by atoms with Gasteiger partial charge in [-0.2, -0.15) is 0 Å². The Morgan fingerprint density at radius 3 is 2.53 bits per heavy atom. The van der Waals surface area contributed by atoms with Gasteiger partial charge in [0.25, 0.3) is 0 Å². The van der Waals surface area contributed by atoms with Crippen LogP contribution in [0.25, 0.3) is 0 Å². The van der Waals surface area contributed by atoms with Crippen LogP contribution in [0.3, 0.4) is 0 Å². The van der Waals surface area contributed by atoms with Crippen LogP contribution in [-0.4, -0.2) is 34.3 Å². The van der Waals surface area contributed by atoms with Gasteiger partial charge in [-0.3, -0.25) is 0 Å². The van der Waals surface area contributed by atoms with Crippen LogP contribution < -0.4 is 9.62 Å². The van der Waals surface area contributed by atoms with Crippen molar-refractivity contribution < 1.29 is 13.2 Å². The minimum atomic E-state index is -3.40. The Morgan fingerprint density at radius 1 is 1.26 bits per heavy atom. The minimum absolute atomic E-state index is 0.0968. The van der Waals surface area contributed by atoms with E-state index in [4.69, 9.17) is 0 Å². The number of sulfonamides is 1. The largest absolute Gasteiger partial charge is 0.362 e. The third kappa shape index (κ3) is 2.96. The summed E-state index contributed by atoms with van der Waals surface area (Å²) in [5.74, 6) is 0. The lowest BCUT2D eigenvalue weighted by Gasteiger charge is -2.34. The van der Waals surface area contributed by atoms with E-state index < -0.39 is 10.0 Å². The molecule has 19 heavy (non-hydrogen) atoms. The predicted molar refractivity (Wildman–Crippen MR) is 73.7 cm³/mol. The highest BCUT2D eigenvalue weighted by molar-refractivity contribution is 7.89. The number of hydrogen-bond donors (Lipinski definition) is 1. The highest BCUT2D eigenvalue weighted by atomic mass is 32.2. The Labute approximate surface area is 113 Å². The summed E-state index contributed by atoms with van der Waals surface area (Å²) in [7, 11) is -2.02. The fourth-order valence-electron chi connectivity index (χ4n) is 2.35. The van der Waals surface area contributed by atoms with Crippen molar-refractivity contribution in [3.63, 3.8) is 0 Å². The molecule has 0 spiro atoms. The number of carbonyl (C=O) groups excluding carboxylic acids is 1. The van der Waals surface area contributed by atoms with Gasteiger partial charge in [0.2, 0.25) is 10.0 Å². The van der Waals surface area contributed by atoms with Gasteiger partial charge >= 0.3 is 0 Å². The summed E-state index contributed by atoms with van der Waals surface area (Å²) in [4.78, 5) is 13.3. The van der Waals surface area contributed by atoms with Crippen molar-refractivity contribution >= 4 is 22.0 Å². The Bertz CT molecular complexity index is 540. The van der Waals surface area contributed by atoms with Crippen LogP contribution in [0.4, 0.5) is 5.69 Å². The summed E-state index contributed by atoms with van der Waals surface area (Å²) < 4.78 is 25.5. The number of anilines is 1. The van der Waals surface area contributed by atoms with Crippen LogP contribution in [0.15, 0.2) is 29.2 Å². The van der Waals surface area contributed by atoms with Crippen LogP contribution in [0.1, 0.15) is 19.3 Å². The number of nitrogens with one attached hydrogen (secondary N) is 1. The summed E-state index contributed by atoms with van der Waals surface area (Å²) in [6, 6.07) is 6.55. The molecule has 1 aliphatic rings. The predicted octanol–water partition coefficient (Wildman–Crippen LogP) is 1.15. The van der Waals surface area contributed by atoms with Crippen molar-refractivity contribution in [2.24, 2.45) is 0 Å². The fraction of sp³-hybridized carbons (Fsp3) is 0.462. The molecule has 1 saturated heterocycles. The number of piperidine rings is 1. The number of hydrogen-bond acceptors (Lipinski definition) is 4. The first-order chi connectivity index (χ1) is 9.08. The van der Waals surface area contributed by atoms with Gasteiger partial charge < -0.3 is 9.69 Å². The molecule has 1 aromatic carbocycles. The zero-order valence-electron chi connectivity index (χ0n) is 10.9. The molecular formula is C13H18N2O3S. The lowest BCUT2D eigenvalue weighted by Crippen LogP contribution is -2.40. The van der Waals surface area contributed by atoms with Crippen LogP contribution in [0, 0.1) is 0 Å². The van der Waals surface area contributed by atoms with Crippen molar-refractivity contribution in [2.45, 2.75) is 30.2 Å². The summed E-state index contributed by atoms with van der Waals surface area (Å²) in [5, 5.41) is 0. The zero-order chi connectivity index (χ0) is 13.9. The first-order valence-corrected chi connectivity index (χ1v) is 7.82. The molecular weight excluding hydrogens is 264 g/mol. The highest BCUT2D eigenvalue weighted by Gasteiger charge is 2.22. The molecule has 0 amide bonds. The number of aldehydes is 1. The smallest absolute Gasteiger partial charge is 0.240 e. The molecule has 2 rings (SSSR count). The van der Waals surface area contributed by atoms with Crippen molar-refractivity contribution in [3.05, 3.63) is 24.3 Å². The van der Waals surface area contributed by atoms with E-state index in [0.29, 0.717) is 0 Å². The summed E-state index contributed by atoms with van der Waals surface area (Å²) in [6.07, 6.45) is 3.95. The van der Waals surface area contributed by atoms with Gasteiger partial charge in [-0.1, -0.05) is 0 Å². The summed E-state index contributed by atoms with van der Waals surface area (Å²) >= 11 is 0. The monoisotopic (exact) mass is 282 g/mol. The highest BCUT2D eigenvalue weighted by Crippen LogP contribution is 2.25. The van der Waals surface area contributed by atoms with E-state index in [1.54, 1.807) is 24.3 Å². The van der Waals surface area contributed by atoms with E-state index in [0.717, 1.165) is 37.8 Å². The second-order valence-corrected chi connectivity index (χ2v) is 6.48. The molecule has 0 radical (unpaired) electrons. The normalized spacial score (nSPS) is 20.3. The lowest BCUT2D eigenvalue weighted by molar-refractivity contribution is -0.109. The molecule has 1 unspecified atom stereocenters. The summed E-state index contributed by atoms with van der Waals surface area (Å²) in [5.41, 5.74) is 0.895. The third-order valence-corrected chi connectivity index (χ3v) is 4.88. The quantitative estimate of drug-likeness (QED) is 0.841. The molecule has 1 aliphatic heterocycles. The molecule has 6 heteroatoms. The van der Waals surface area contributed by atoms with Crippen molar-refractivity contribution in [3.8, 4) is 0 Å². The van der Waals surface area contributed by atoms with Crippen LogP contribution in [-0.2, 0) is 14.8 Å². The standard InChI is InChI=1S/C13H18N2O3S/c1-14-19(17,18)13-7-5-11(6-8-13)15-9-3-2-4-12(15)10-16/h5-8,10,12,14H,2-4,9H2,1H3. The second-order valence-electron chi connectivity index (χ2n) is 4.59. The molecule has 0 aromatic heterocycles. The molecule has 1 atom stereocenters. The Balaban J connectivity index is 2.25. The van der Waals surface area contributed by atoms with E-state index in [-0.39, 0.29) is 10.9 Å². The van der Waals surface area contributed by atoms with Crippen LogP contribution >= 0.6 is 0 Å². The summed E-state index contributed by atoms with van der Waals surface area (Å²) in [6.45, 7) is 0.835. The first-order valence-electron chi connectivity index (χ1n) is 6.34. The average molecular weight is 282 g/mol.